The minimum absolute atomic E-state index is 0.0266. The van der Waals surface area contributed by atoms with E-state index in [1.54, 1.807) is 0 Å². The maximum atomic E-state index is 11.7. The summed E-state index contributed by atoms with van der Waals surface area (Å²) in [5, 5.41) is 5.36. The van der Waals surface area contributed by atoms with Gasteiger partial charge in [0.2, 0.25) is 15.9 Å². The summed E-state index contributed by atoms with van der Waals surface area (Å²) in [6, 6.07) is 0. The molecule has 0 atom stereocenters. The second-order valence-corrected chi connectivity index (χ2v) is 9.63. The quantitative estimate of drug-likeness (QED) is 0.141. The molecule has 0 aromatic carbocycles. The van der Waals surface area contributed by atoms with Crippen LogP contribution in [0.25, 0.3) is 0 Å². The molecular weight excluding hydrogens is 416 g/mol. The average Bonchev–Trinajstić information content (AvgIpc) is 2.59. The van der Waals surface area contributed by atoms with E-state index in [4.69, 9.17) is 9.47 Å². The Hall–Kier alpha value is -1.58. The van der Waals surface area contributed by atoms with E-state index in [2.05, 4.69) is 21.9 Å². The van der Waals surface area contributed by atoms with E-state index >= 15 is 0 Å². The molecule has 1 amide bonds. The lowest BCUT2D eigenvalue weighted by atomic mass is 10.4. The van der Waals surface area contributed by atoms with Crippen molar-refractivity contribution in [1.82, 2.24) is 19.1 Å². The molecule has 0 rings (SSSR count). The van der Waals surface area contributed by atoms with Crippen molar-refractivity contribution in [3.63, 3.8) is 0 Å². The van der Waals surface area contributed by atoms with E-state index in [1.807, 2.05) is 0 Å². The van der Waals surface area contributed by atoms with Crippen molar-refractivity contribution in [1.29, 1.82) is 0 Å². The van der Waals surface area contributed by atoms with Gasteiger partial charge in [-0.1, -0.05) is 10.3 Å². The first kappa shape index (κ1) is 26.4. The van der Waals surface area contributed by atoms with E-state index in [1.165, 1.54) is 6.92 Å². The first-order valence-electron chi connectivity index (χ1n) is 8.19. The predicted octanol–water partition coefficient (Wildman–Crippen LogP) is -2.45. The number of nitrogens with one attached hydrogen (secondary N) is 3. The third-order valence-corrected chi connectivity index (χ3v) is 6.63. The van der Waals surface area contributed by atoms with Gasteiger partial charge in [0, 0.05) is 25.7 Å². The Morgan fingerprint density at radius 2 is 1.64 bits per heavy atom. The predicted molar refractivity (Wildman–Crippen MR) is 102 cm³/mol. The lowest BCUT2D eigenvalue weighted by Crippen LogP contribution is -2.42. The standard InChI is InChI=1S/C14H28N4O8S2/c1-12(2)14(20)26-10-6-16-13(19)11-15-5-8-25-9-7-17-28(23,24)18(3)27(4,21)22/h15,17H,1,5-11H2,2-4H3,(H,16,19). The number of hydrogen-bond acceptors (Lipinski definition) is 9. The highest BCUT2D eigenvalue weighted by molar-refractivity contribution is 8.02. The lowest BCUT2D eigenvalue weighted by Gasteiger charge is -2.15. The zero-order valence-corrected chi connectivity index (χ0v) is 17.8. The normalized spacial score (nSPS) is 12.0. The number of nitrogens with zero attached hydrogens (tertiary/aromatic N) is 1. The molecule has 0 radical (unpaired) electrons. The SMILES string of the molecule is C=C(C)C(=O)OCCNC(=O)CNCCOCCNS(=O)(=O)N(C)S(C)(=O)=O. The molecule has 0 heterocycles. The molecule has 0 aliphatic heterocycles. The van der Waals surface area contributed by atoms with Crippen LogP contribution in [0.4, 0.5) is 0 Å². The topological polar surface area (TPSA) is 160 Å². The van der Waals surface area contributed by atoms with Gasteiger partial charge in [0.15, 0.2) is 0 Å². The van der Waals surface area contributed by atoms with Gasteiger partial charge >= 0.3 is 5.97 Å². The molecule has 0 aromatic heterocycles. The van der Waals surface area contributed by atoms with E-state index in [-0.39, 0.29) is 54.6 Å². The van der Waals surface area contributed by atoms with Crippen LogP contribution in [0.1, 0.15) is 6.92 Å². The largest absolute Gasteiger partial charge is 0.460 e. The monoisotopic (exact) mass is 444 g/mol. The number of rotatable bonds is 15. The maximum absolute atomic E-state index is 11.7. The van der Waals surface area contributed by atoms with Crippen molar-refractivity contribution >= 4 is 32.1 Å². The van der Waals surface area contributed by atoms with Crippen LogP contribution in [0.15, 0.2) is 12.2 Å². The highest BCUT2D eigenvalue weighted by Gasteiger charge is 2.25. The number of ether oxygens (including phenoxy) is 2. The number of esters is 1. The molecule has 14 heteroatoms. The molecule has 0 saturated heterocycles. The Morgan fingerprint density at radius 1 is 1.04 bits per heavy atom. The fraction of sp³-hybridized carbons (Fsp3) is 0.714. The van der Waals surface area contributed by atoms with Gasteiger partial charge in [-0.2, -0.15) is 13.1 Å². The summed E-state index contributed by atoms with van der Waals surface area (Å²) in [6.07, 6.45) is 0.777. The van der Waals surface area contributed by atoms with Gasteiger partial charge in [-0.15, -0.1) is 0 Å². The number of carbonyl (C=O) groups excluding carboxylic acids is 2. The minimum Gasteiger partial charge on any atom is -0.460 e. The molecule has 0 aromatic rings. The molecule has 28 heavy (non-hydrogen) atoms. The van der Waals surface area contributed by atoms with Crippen LogP contribution in [0.3, 0.4) is 0 Å². The summed E-state index contributed by atoms with van der Waals surface area (Å²) < 4.78 is 58.0. The summed E-state index contributed by atoms with van der Waals surface area (Å²) in [6.45, 7) is 5.69. The number of amides is 1. The van der Waals surface area contributed by atoms with Gasteiger partial charge in [-0.05, 0) is 6.92 Å². The van der Waals surface area contributed by atoms with E-state index < -0.39 is 26.2 Å². The Balaban J connectivity index is 3.70. The van der Waals surface area contributed by atoms with Crippen LogP contribution in [0, 0.1) is 0 Å². The second-order valence-electron chi connectivity index (χ2n) is 5.60. The third-order valence-electron chi connectivity index (χ3n) is 3.05. The molecule has 12 nitrogen and oxygen atoms in total. The van der Waals surface area contributed by atoms with Crippen LogP contribution in [-0.2, 0) is 39.3 Å². The zero-order valence-electron chi connectivity index (χ0n) is 16.2. The lowest BCUT2D eigenvalue weighted by molar-refractivity contribution is -0.139. The fourth-order valence-electron chi connectivity index (χ4n) is 1.48. The van der Waals surface area contributed by atoms with Crippen molar-refractivity contribution in [2.75, 3.05) is 59.3 Å². The summed E-state index contributed by atoms with van der Waals surface area (Å²) in [5.41, 5.74) is 0.281. The van der Waals surface area contributed by atoms with E-state index in [0.717, 1.165) is 13.3 Å². The summed E-state index contributed by atoms with van der Waals surface area (Å²) in [4.78, 5) is 22.6. The minimum atomic E-state index is -4.14. The first-order valence-corrected chi connectivity index (χ1v) is 11.5. The van der Waals surface area contributed by atoms with Gasteiger partial charge in [0.05, 0.1) is 32.6 Å². The number of hydrogen-bond donors (Lipinski definition) is 3. The summed E-state index contributed by atoms with van der Waals surface area (Å²) in [5.74, 6) is -0.808. The van der Waals surface area contributed by atoms with Gasteiger partial charge in [0.1, 0.15) is 6.61 Å². The van der Waals surface area contributed by atoms with Crippen molar-refractivity contribution in [2.24, 2.45) is 0 Å². The number of carbonyl (C=O) groups is 2. The van der Waals surface area contributed by atoms with Gasteiger partial charge in [0.25, 0.3) is 10.2 Å². The van der Waals surface area contributed by atoms with Crippen molar-refractivity contribution in [3.8, 4) is 0 Å². The zero-order chi connectivity index (χ0) is 21.8. The van der Waals surface area contributed by atoms with Crippen LogP contribution in [0.2, 0.25) is 0 Å². The molecule has 0 spiro atoms. The fourth-order valence-corrected chi connectivity index (χ4v) is 3.59. The first-order chi connectivity index (χ1) is 12.9. The molecule has 0 aliphatic carbocycles. The Labute approximate surface area is 165 Å². The Bertz CT molecular complexity index is 736. The summed E-state index contributed by atoms with van der Waals surface area (Å²) >= 11 is 0. The van der Waals surface area contributed by atoms with Gasteiger partial charge < -0.3 is 20.1 Å². The van der Waals surface area contributed by atoms with Gasteiger partial charge in [-0.25, -0.2) is 13.2 Å². The molecule has 0 fully saturated rings. The molecular formula is C14H28N4O8S2. The van der Waals surface area contributed by atoms with Gasteiger partial charge in [-0.3, -0.25) is 4.79 Å². The molecule has 0 unspecified atom stereocenters. The second kappa shape index (κ2) is 12.8. The Kier molecular flexibility index (Phi) is 12.1. The molecule has 3 N–H and O–H groups in total. The molecule has 164 valence electrons. The van der Waals surface area contributed by atoms with E-state index in [0.29, 0.717) is 6.54 Å². The highest BCUT2D eigenvalue weighted by atomic mass is 32.3. The maximum Gasteiger partial charge on any atom is 0.333 e. The third kappa shape index (κ3) is 12.0. The van der Waals surface area contributed by atoms with E-state index in [9.17, 15) is 26.4 Å². The van der Waals surface area contributed by atoms with Crippen LogP contribution >= 0.6 is 0 Å². The Morgan fingerprint density at radius 3 is 2.21 bits per heavy atom. The average molecular weight is 445 g/mol. The van der Waals surface area contributed by atoms with Crippen molar-refractivity contribution in [3.05, 3.63) is 12.2 Å². The van der Waals surface area contributed by atoms with Crippen molar-refractivity contribution in [2.45, 2.75) is 6.92 Å². The van der Waals surface area contributed by atoms with Crippen LogP contribution in [0.5, 0.6) is 0 Å². The molecule has 0 bridgehead atoms. The summed E-state index contributed by atoms with van der Waals surface area (Å²) in [7, 11) is -7.08. The number of sulfonamides is 1. The molecule has 0 saturated carbocycles. The molecule has 0 aliphatic rings. The van der Waals surface area contributed by atoms with Crippen molar-refractivity contribution < 1.29 is 35.9 Å². The smallest absolute Gasteiger partial charge is 0.333 e. The highest BCUT2D eigenvalue weighted by Crippen LogP contribution is 1.99. The van der Waals surface area contributed by atoms with Crippen LogP contribution < -0.4 is 15.4 Å². The van der Waals surface area contributed by atoms with Crippen LogP contribution in [-0.4, -0.2) is 91.7 Å².